The molecule has 2 fully saturated rings. The van der Waals surface area contributed by atoms with E-state index in [1.807, 2.05) is 6.92 Å². The number of amides is 6. The van der Waals surface area contributed by atoms with Gasteiger partial charge in [-0.05, 0) is 69.0 Å². The third-order valence-electron chi connectivity index (χ3n) is 12.3. The van der Waals surface area contributed by atoms with E-state index in [2.05, 4.69) is 46.8 Å². The molecular formula is C44H53N13O7. The molecule has 0 radical (unpaired) electrons. The lowest BCUT2D eigenvalue weighted by Gasteiger charge is -2.43. The molecule has 0 bridgehead atoms. The number of methoxy groups -OCH3 is 1. The summed E-state index contributed by atoms with van der Waals surface area (Å²) < 4.78 is 7.33. The first-order valence-corrected chi connectivity index (χ1v) is 21.8. The standard InChI is InChI=1S/C44H53N13O7/c1-4-33-43(63)54(2)35-23-47-44(51-39(35)57(33)28-9-5-6-10-28)49-32-15-14-26(21-36(32)64-3)40(60)46-22-27-24-55(53-52-27)20-19-45-18-8-13-37(58)48-31-12-7-11-29-30(31)25-56(42(29)62)34-16-17-38(59)50-41(34)61/h7,11-12,14-15,21,23-24,28,33-34,45H,4-6,8-10,13,16-20,22,25H2,1-3H3,(H,46,60)(H,48,58)(H,47,49,51)(H,50,59,61)/t33-,34?/m1/s1. The zero-order chi connectivity index (χ0) is 44.9. The minimum Gasteiger partial charge on any atom is -0.495 e. The molecule has 64 heavy (non-hydrogen) atoms. The highest BCUT2D eigenvalue weighted by Gasteiger charge is 2.42. The Morgan fingerprint density at radius 3 is 2.62 bits per heavy atom. The third kappa shape index (κ3) is 9.22. The monoisotopic (exact) mass is 875 g/mol. The Labute approximate surface area is 369 Å². The molecule has 2 aromatic carbocycles. The van der Waals surface area contributed by atoms with E-state index < -0.39 is 11.9 Å². The zero-order valence-electron chi connectivity index (χ0n) is 36.2. The molecule has 4 aliphatic rings. The molecule has 336 valence electrons. The first-order chi connectivity index (χ1) is 31.0. The molecule has 1 saturated heterocycles. The molecule has 2 aromatic heterocycles. The molecule has 1 unspecified atom stereocenters. The zero-order valence-corrected chi connectivity index (χ0v) is 36.2. The molecule has 8 rings (SSSR count). The van der Waals surface area contributed by atoms with Gasteiger partial charge in [0.05, 0.1) is 38.3 Å². The molecule has 4 aromatic rings. The minimum atomic E-state index is -0.730. The summed E-state index contributed by atoms with van der Waals surface area (Å²) in [5.41, 5.74) is 3.85. The first kappa shape index (κ1) is 43.7. The average Bonchev–Trinajstić information content (AvgIpc) is 4.07. The van der Waals surface area contributed by atoms with Gasteiger partial charge in [0.25, 0.3) is 11.8 Å². The van der Waals surface area contributed by atoms with Crippen molar-refractivity contribution in [2.75, 3.05) is 47.7 Å². The van der Waals surface area contributed by atoms with E-state index in [4.69, 9.17) is 9.72 Å². The summed E-state index contributed by atoms with van der Waals surface area (Å²) in [6, 6.07) is 9.41. The third-order valence-corrected chi connectivity index (χ3v) is 12.3. The molecule has 6 amide bonds. The molecular weight excluding hydrogens is 823 g/mol. The van der Waals surface area contributed by atoms with Crippen LogP contribution in [0.25, 0.3) is 0 Å². The number of aromatic nitrogens is 5. The Morgan fingerprint density at radius 1 is 1.02 bits per heavy atom. The van der Waals surface area contributed by atoms with Crippen molar-refractivity contribution in [3.63, 3.8) is 0 Å². The molecule has 20 heteroatoms. The fraction of sp³-hybridized carbons (Fsp3) is 0.455. The summed E-state index contributed by atoms with van der Waals surface area (Å²) in [4.78, 5) is 91.2. The van der Waals surface area contributed by atoms with Crippen LogP contribution in [0.15, 0.2) is 48.8 Å². The van der Waals surface area contributed by atoms with Gasteiger partial charge in [0.1, 0.15) is 29.2 Å². The van der Waals surface area contributed by atoms with E-state index in [9.17, 15) is 28.8 Å². The average molecular weight is 876 g/mol. The topological polar surface area (TPSA) is 238 Å². The number of piperidine rings is 1. The maximum absolute atomic E-state index is 13.3. The highest BCUT2D eigenvalue weighted by atomic mass is 16.5. The van der Waals surface area contributed by atoms with Gasteiger partial charge in [-0.25, -0.2) is 4.98 Å². The highest BCUT2D eigenvalue weighted by Crippen LogP contribution is 2.40. The second-order valence-corrected chi connectivity index (χ2v) is 16.4. The van der Waals surface area contributed by atoms with Crippen LogP contribution in [0.3, 0.4) is 0 Å². The van der Waals surface area contributed by atoms with Gasteiger partial charge in [-0.1, -0.05) is 31.0 Å². The van der Waals surface area contributed by atoms with Crippen molar-refractivity contribution < 1.29 is 33.5 Å². The fourth-order valence-corrected chi connectivity index (χ4v) is 8.91. The van der Waals surface area contributed by atoms with Gasteiger partial charge in [0.2, 0.25) is 29.6 Å². The van der Waals surface area contributed by atoms with E-state index in [0.717, 1.165) is 31.5 Å². The lowest BCUT2D eigenvalue weighted by molar-refractivity contribution is -0.137. The number of ether oxygens (including phenoxy) is 1. The largest absolute Gasteiger partial charge is 0.495 e. The van der Waals surface area contributed by atoms with Crippen molar-refractivity contribution in [3.8, 4) is 5.75 Å². The van der Waals surface area contributed by atoms with Gasteiger partial charge < -0.3 is 40.7 Å². The summed E-state index contributed by atoms with van der Waals surface area (Å²) in [7, 11) is 3.29. The molecule has 0 spiro atoms. The number of nitrogens with zero attached hydrogens (tertiary/aromatic N) is 8. The van der Waals surface area contributed by atoms with Crippen LogP contribution in [-0.4, -0.2) is 111 Å². The van der Waals surface area contributed by atoms with Crippen molar-refractivity contribution in [1.29, 1.82) is 0 Å². The second kappa shape index (κ2) is 19.2. The second-order valence-electron chi connectivity index (χ2n) is 16.4. The normalized spacial score (nSPS) is 18.5. The number of rotatable bonds is 17. The predicted molar refractivity (Wildman–Crippen MR) is 235 cm³/mol. The van der Waals surface area contributed by atoms with E-state index in [1.165, 1.54) is 12.0 Å². The number of hydrogen-bond donors (Lipinski definition) is 5. The first-order valence-electron chi connectivity index (χ1n) is 21.8. The molecule has 5 N–H and O–H groups in total. The number of hydrogen-bond acceptors (Lipinski definition) is 14. The quantitative estimate of drug-likeness (QED) is 0.0758. The van der Waals surface area contributed by atoms with Gasteiger partial charge >= 0.3 is 0 Å². The predicted octanol–water partition coefficient (Wildman–Crippen LogP) is 3.02. The molecule has 5 heterocycles. The number of likely N-dealkylation sites (N-methyl/N-ethyl adjacent to an activating group) is 1. The van der Waals surface area contributed by atoms with Crippen LogP contribution in [0.2, 0.25) is 0 Å². The molecule has 1 aliphatic carbocycles. The number of imide groups is 1. The van der Waals surface area contributed by atoms with Crippen molar-refractivity contribution in [3.05, 3.63) is 71.2 Å². The van der Waals surface area contributed by atoms with E-state index in [-0.39, 0.29) is 74.0 Å². The van der Waals surface area contributed by atoms with Crippen LogP contribution in [0.5, 0.6) is 5.75 Å². The molecule has 3 aliphatic heterocycles. The Balaban J connectivity index is 0.771. The van der Waals surface area contributed by atoms with Gasteiger partial charge in [0, 0.05) is 61.4 Å². The summed E-state index contributed by atoms with van der Waals surface area (Å²) in [5, 5.41) is 23.0. The van der Waals surface area contributed by atoms with E-state index in [1.54, 1.807) is 65.4 Å². The Kier molecular flexibility index (Phi) is 13.1. The van der Waals surface area contributed by atoms with E-state index in [0.29, 0.717) is 83.6 Å². The number of nitrogens with one attached hydrogen (secondary N) is 5. The molecule has 20 nitrogen and oxygen atoms in total. The Hall–Kier alpha value is -6.96. The maximum atomic E-state index is 13.3. The van der Waals surface area contributed by atoms with Gasteiger partial charge in [0.15, 0.2) is 5.82 Å². The highest BCUT2D eigenvalue weighted by molar-refractivity contribution is 6.07. The minimum absolute atomic E-state index is 0.0488. The van der Waals surface area contributed by atoms with Crippen molar-refractivity contribution in [1.82, 2.24) is 45.8 Å². The number of carbonyl (C=O) groups is 6. The van der Waals surface area contributed by atoms with Crippen LogP contribution in [-0.2, 0) is 38.8 Å². The summed E-state index contributed by atoms with van der Waals surface area (Å²) in [5.74, 6) is -0.0778. The number of fused-ring (bicyclic) bond motifs is 2. The van der Waals surface area contributed by atoms with Crippen LogP contribution in [0.4, 0.5) is 28.8 Å². The summed E-state index contributed by atoms with van der Waals surface area (Å²) >= 11 is 0. The van der Waals surface area contributed by atoms with Crippen molar-refractivity contribution in [2.24, 2.45) is 0 Å². The molecule has 1 saturated carbocycles. The van der Waals surface area contributed by atoms with Gasteiger partial charge in [-0.3, -0.25) is 38.8 Å². The number of anilines is 5. The van der Waals surface area contributed by atoms with Crippen molar-refractivity contribution in [2.45, 2.75) is 102 Å². The summed E-state index contributed by atoms with van der Waals surface area (Å²) in [6.45, 7) is 4.04. The summed E-state index contributed by atoms with van der Waals surface area (Å²) in [6.07, 6.45) is 9.65. The van der Waals surface area contributed by atoms with Crippen LogP contribution >= 0.6 is 0 Å². The van der Waals surface area contributed by atoms with Crippen LogP contribution < -0.4 is 41.1 Å². The van der Waals surface area contributed by atoms with Crippen LogP contribution in [0, 0.1) is 0 Å². The molecule has 2 atom stereocenters. The Morgan fingerprint density at radius 2 is 1.84 bits per heavy atom. The smallest absolute Gasteiger partial charge is 0.255 e. The lowest BCUT2D eigenvalue weighted by Crippen LogP contribution is -2.55. The number of carbonyl (C=O) groups excluding carboxylic acids is 6. The lowest BCUT2D eigenvalue weighted by atomic mass is 10.0. The fourth-order valence-electron chi connectivity index (χ4n) is 8.91. The van der Waals surface area contributed by atoms with Crippen molar-refractivity contribution >= 4 is 64.3 Å². The maximum Gasteiger partial charge on any atom is 0.255 e. The van der Waals surface area contributed by atoms with E-state index >= 15 is 0 Å². The SMILES string of the molecule is CC[C@@H]1C(=O)N(C)c2cnc(Nc3ccc(C(=O)NCc4cn(CCNCCCC(=O)Nc5cccc6c5CN(C5CCC(=O)NC5=O)C6=O)nn4)cc3OC)nc2N1C1CCCC1. The Bertz CT molecular complexity index is 2450. The van der Waals surface area contributed by atoms with Gasteiger partial charge in [-0.2, -0.15) is 4.98 Å². The van der Waals surface area contributed by atoms with Gasteiger partial charge in [-0.15, -0.1) is 5.10 Å². The number of benzene rings is 2. The van der Waals surface area contributed by atoms with Crippen LogP contribution in [0.1, 0.15) is 96.7 Å².